The average molecular weight is 314 g/mol. The normalized spacial score (nSPS) is 19.6. The van der Waals surface area contributed by atoms with E-state index >= 15 is 0 Å². The second-order valence-corrected chi connectivity index (χ2v) is 7.75. The van der Waals surface area contributed by atoms with Crippen molar-refractivity contribution in [1.29, 1.82) is 0 Å². The van der Waals surface area contributed by atoms with E-state index in [-0.39, 0.29) is 0 Å². The summed E-state index contributed by atoms with van der Waals surface area (Å²) in [7, 11) is -9.97. The monoisotopic (exact) mass is 314 g/mol. The van der Waals surface area contributed by atoms with E-state index in [4.69, 9.17) is 4.89 Å². The second-order valence-electron chi connectivity index (χ2n) is 2.26. The minimum absolute atomic E-state index is 0.826. The van der Waals surface area contributed by atoms with Crippen LogP contribution >= 0.6 is 23.5 Å². The summed E-state index contributed by atoms with van der Waals surface area (Å²) in [6.07, 6.45) is 0. The molecular weight excluding hydrogens is 301 g/mol. The first kappa shape index (κ1) is 17.4. The Bertz CT molecular complexity index is 370. The third kappa shape index (κ3) is 5.72. The molecule has 0 aromatic heterocycles. The van der Waals surface area contributed by atoms with Gasteiger partial charge in [0.05, 0.1) is 0 Å². The molecule has 1 N–H and O–H groups in total. The highest BCUT2D eigenvalue weighted by atomic mass is 31.3. The molecule has 0 saturated carbocycles. The van der Waals surface area contributed by atoms with Gasteiger partial charge in [-0.3, -0.25) is 18.1 Å². The lowest BCUT2D eigenvalue weighted by Gasteiger charge is -2.20. The molecule has 0 aromatic carbocycles. The molecule has 10 nitrogen and oxygen atoms in total. The predicted octanol–water partition coefficient (Wildman–Crippen LogP) is 1.92. The van der Waals surface area contributed by atoms with E-state index in [2.05, 4.69) is 26.7 Å². The maximum Gasteiger partial charge on any atom is 0.492 e. The molecule has 0 saturated heterocycles. The molecule has 0 heterocycles. The van der Waals surface area contributed by atoms with Crippen LogP contribution in [-0.4, -0.2) is 33.3 Å². The van der Waals surface area contributed by atoms with E-state index in [9.17, 15) is 13.7 Å². The Hall–Kier alpha value is 0.410. The van der Waals surface area contributed by atoms with Crippen LogP contribution in [0.5, 0.6) is 0 Å². The van der Waals surface area contributed by atoms with Crippen LogP contribution in [0, 0.1) is 0 Å². The van der Waals surface area contributed by atoms with Crippen molar-refractivity contribution < 1.29 is 45.3 Å². The Labute approximate surface area is 98.0 Å². The predicted molar refractivity (Wildman–Crippen MR) is 55.2 cm³/mol. The van der Waals surface area contributed by atoms with Crippen LogP contribution < -0.4 is 0 Å². The standard InChI is InChI=1S/C4H13O10P3/c1-9-15(5,6)13-17(8,12-4)14-16(7,10-2)11-3/h1-4H3,(H,5,6). The van der Waals surface area contributed by atoms with Gasteiger partial charge in [-0.05, 0) is 0 Å². The molecule has 0 radical (unpaired) electrons. The number of rotatable bonds is 8. The van der Waals surface area contributed by atoms with E-state index in [1.165, 1.54) is 0 Å². The minimum Gasteiger partial charge on any atom is -0.302 e. The molecule has 0 fully saturated rings. The van der Waals surface area contributed by atoms with Crippen molar-refractivity contribution in [3.8, 4) is 0 Å². The molecule has 13 heteroatoms. The summed E-state index contributed by atoms with van der Waals surface area (Å²) in [5.41, 5.74) is 0. The fourth-order valence-corrected chi connectivity index (χ4v) is 4.37. The molecule has 0 aliphatic rings. The van der Waals surface area contributed by atoms with Gasteiger partial charge in [0.15, 0.2) is 0 Å². The zero-order valence-electron chi connectivity index (χ0n) is 9.46. The lowest BCUT2D eigenvalue weighted by Crippen LogP contribution is -1.99. The molecule has 0 aliphatic carbocycles. The van der Waals surface area contributed by atoms with Crippen LogP contribution in [0.3, 0.4) is 0 Å². The van der Waals surface area contributed by atoms with E-state index in [1.807, 2.05) is 0 Å². The van der Waals surface area contributed by atoms with Gasteiger partial charge in [0, 0.05) is 28.4 Å². The fourth-order valence-electron chi connectivity index (χ4n) is 0.505. The SMILES string of the molecule is COP(=O)(O)OP(=O)(OC)OP(=O)(OC)OC. The minimum atomic E-state index is -4.66. The largest absolute Gasteiger partial charge is 0.492 e. The van der Waals surface area contributed by atoms with Crippen molar-refractivity contribution in [2.45, 2.75) is 0 Å². The first-order valence-electron chi connectivity index (χ1n) is 3.84. The Morgan fingerprint density at radius 3 is 1.41 bits per heavy atom. The molecule has 2 unspecified atom stereocenters. The highest BCUT2D eigenvalue weighted by Gasteiger charge is 2.44. The maximum absolute atomic E-state index is 11.7. The van der Waals surface area contributed by atoms with Gasteiger partial charge in [-0.15, -0.1) is 0 Å². The topological polar surface area (TPSA) is 127 Å². The molecule has 17 heavy (non-hydrogen) atoms. The van der Waals surface area contributed by atoms with Gasteiger partial charge in [-0.25, -0.2) is 13.7 Å². The molecule has 0 spiro atoms. The zero-order chi connectivity index (χ0) is 13.7. The van der Waals surface area contributed by atoms with E-state index < -0.39 is 23.5 Å². The summed E-state index contributed by atoms with van der Waals surface area (Å²) in [6, 6.07) is 0. The maximum atomic E-state index is 11.7. The van der Waals surface area contributed by atoms with Gasteiger partial charge in [-0.2, -0.15) is 8.62 Å². The quantitative estimate of drug-likeness (QED) is 0.663. The third-order valence-electron chi connectivity index (χ3n) is 1.30. The number of phosphoric acid groups is 3. The van der Waals surface area contributed by atoms with Crippen molar-refractivity contribution in [2.75, 3.05) is 28.4 Å². The molecule has 0 amide bonds. The van der Waals surface area contributed by atoms with Gasteiger partial charge < -0.3 is 4.89 Å². The van der Waals surface area contributed by atoms with Crippen molar-refractivity contribution in [2.24, 2.45) is 0 Å². The van der Waals surface area contributed by atoms with Gasteiger partial charge >= 0.3 is 23.5 Å². The lowest BCUT2D eigenvalue weighted by atomic mass is 11.8. The van der Waals surface area contributed by atoms with Gasteiger partial charge in [0.2, 0.25) is 0 Å². The Balaban J connectivity index is 5.00. The van der Waals surface area contributed by atoms with Gasteiger partial charge in [0.25, 0.3) is 0 Å². The van der Waals surface area contributed by atoms with E-state index in [0.29, 0.717) is 0 Å². The summed E-state index contributed by atoms with van der Waals surface area (Å²) in [6.45, 7) is 0. The number of hydrogen-bond acceptors (Lipinski definition) is 9. The van der Waals surface area contributed by atoms with Crippen LogP contribution in [0.4, 0.5) is 0 Å². The van der Waals surface area contributed by atoms with Crippen LogP contribution in [0.15, 0.2) is 0 Å². The summed E-state index contributed by atoms with van der Waals surface area (Å²) >= 11 is 0. The van der Waals surface area contributed by atoms with Crippen molar-refractivity contribution >= 4 is 23.5 Å². The van der Waals surface area contributed by atoms with Crippen LogP contribution in [0.1, 0.15) is 0 Å². The van der Waals surface area contributed by atoms with E-state index in [0.717, 1.165) is 28.4 Å². The number of hydrogen-bond donors (Lipinski definition) is 1. The van der Waals surface area contributed by atoms with Crippen molar-refractivity contribution in [1.82, 2.24) is 0 Å². The highest BCUT2D eigenvalue weighted by molar-refractivity contribution is 7.67. The first-order chi connectivity index (χ1) is 7.66. The Morgan fingerprint density at radius 1 is 0.706 bits per heavy atom. The zero-order valence-corrected chi connectivity index (χ0v) is 12.1. The molecule has 2 atom stereocenters. The summed E-state index contributed by atoms with van der Waals surface area (Å²) < 4.78 is 59.4. The molecule has 104 valence electrons. The number of phosphoric ester groups is 2. The summed E-state index contributed by atoms with van der Waals surface area (Å²) in [5.74, 6) is 0. The lowest BCUT2D eigenvalue weighted by molar-refractivity contribution is 0.157. The molecule has 0 aliphatic heterocycles. The highest BCUT2D eigenvalue weighted by Crippen LogP contribution is 2.70. The van der Waals surface area contributed by atoms with E-state index in [1.54, 1.807) is 0 Å². The average Bonchev–Trinajstić information content (AvgIpc) is 2.28. The molecule has 0 rings (SSSR count). The molecule has 0 bridgehead atoms. The molecule has 0 aromatic rings. The third-order valence-corrected chi connectivity index (χ3v) is 6.33. The van der Waals surface area contributed by atoms with Crippen molar-refractivity contribution in [3.63, 3.8) is 0 Å². The van der Waals surface area contributed by atoms with Gasteiger partial charge in [-0.1, -0.05) is 0 Å². The second kappa shape index (κ2) is 6.54. The smallest absolute Gasteiger partial charge is 0.302 e. The fraction of sp³-hybridized carbons (Fsp3) is 1.00. The Kier molecular flexibility index (Phi) is 6.70. The Morgan fingerprint density at radius 2 is 1.12 bits per heavy atom. The van der Waals surface area contributed by atoms with Crippen LogP contribution in [0.2, 0.25) is 0 Å². The molecular formula is C4H13O10P3. The van der Waals surface area contributed by atoms with Crippen molar-refractivity contribution in [3.05, 3.63) is 0 Å². The first-order valence-corrected chi connectivity index (χ1v) is 8.26. The summed E-state index contributed by atoms with van der Waals surface area (Å²) in [4.78, 5) is 8.94. The van der Waals surface area contributed by atoms with Crippen LogP contribution in [0.25, 0.3) is 0 Å². The van der Waals surface area contributed by atoms with Crippen LogP contribution in [-0.2, 0) is 40.4 Å². The summed E-state index contributed by atoms with van der Waals surface area (Å²) in [5, 5.41) is 0. The van der Waals surface area contributed by atoms with Gasteiger partial charge in [0.1, 0.15) is 0 Å².